The van der Waals surface area contributed by atoms with Crippen molar-refractivity contribution in [1.29, 1.82) is 0 Å². The van der Waals surface area contributed by atoms with Crippen LogP contribution in [0.1, 0.15) is 92.6 Å². The molecule has 5 rings (SSSR count). The van der Waals surface area contributed by atoms with Crippen LogP contribution in [0.2, 0.25) is 0 Å². The zero-order chi connectivity index (χ0) is 29.6. The number of hydrogen-bond donors (Lipinski definition) is 0. The molecule has 1 saturated heterocycles. The number of carbonyl (C=O) groups excluding carboxylic acids is 3. The van der Waals surface area contributed by atoms with Crippen LogP contribution in [0.5, 0.6) is 0 Å². The maximum absolute atomic E-state index is 13.8. The number of hydrogen-bond acceptors (Lipinski definition) is 6. The fourth-order valence-corrected chi connectivity index (χ4v) is 8.50. The van der Waals surface area contributed by atoms with Crippen LogP contribution in [0.25, 0.3) is 0 Å². The third-order valence-electron chi connectivity index (χ3n) is 10.8. The molecule has 4 aliphatic rings. The van der Waals surface area contributed by atoms with Gasteiger partial charge in [-0.2, -0.15) is 0 Å². The van der Waals surface area contributed by atoms with E-state index >= 15 is 0 Å². The fraction of sp³-hybridized carbons (Fsp3) is 0.676. The van der Waals surface area contributed by atoms with Crippen LogP contribution in [0.4, 0.5) is 0 Å². The van der Waals surface area contributed by atoms with Gasteiger partial charge in [0.25, 0.3) is 0 Å². The summed E-state index contributed by atoms with van der Waals surface area (Å²) in [5, 5.41) is 0. The highest BCUT2D eigenvalue weighted by Crippen LogP contribution is 2.69. The topological polar surface area (TPSA) is 82.8 Å². The van der Waals surface area contributed by atoms with Crippen molar-refractivity contribution in [3.63, 3.8) is 0 Å². The first-order chi connectivity index (χ1) is 18.9. The van der Waals surface area contributed by atoms with E-state index in [4.69, 9.17) is 13.9 Å². The molecule has 0 radical (unpaired) electrons. The monoisotopic (exact) mass is 552 g/mol. The summed E-state index contributed by atoms with van der Waals surface area (Å²) < 4.78 is 17.4. The molecule has 6 heteroatoms. The van der Waals surface area contributed by atoms with Gasteiger partial charge in [0.15, 0.2) is 5.78 Å². The number of carbonyl (C=O) groups is 3. The number of fused-ring (bicyclic) bond motifs is 4. The Balaban J connectivity index is 0.000000681. The zero-order valence-electron chi connectivity index (χ0n) is 25.8. The number of allylic oxidation sites excluding steroid dienone is 3. The Morgan fingerprint density at radius 3 is 2.35 bits per heavy atom. The van der Waals surface area contributed by atoms with Crippen molar-refractivity contribution in [2.45, 2.75) is 99.2 Å². The normalized spacial score (nSPS) is 36.9. The minimum Gasteiger partial charge on any atom is -0.472 e. The maximum atomic E-state index is 13.8. The van der Waals surface area contributed by atoms with E-state index in [9.17, 15) is 14.4 Å². The van der Waals surface area contributed by atoms with E-state index in [2.05, 4.69) is 34.6 Å². The van der Waals surface area contributed by atoms with Gasteiger partial charge in [0.1, 0.15) is 5.78 Å². The van der Waals surface area contributed by atoms with Gasteiger partial charge in [0.2, 0.25) is 0 Å². The average molecular weight is 553 g/mol. The van der Waals surface area contributed by atoms with E-state index in [0.29, 0.717) is 12.8 Å². The fourth-order valence-electron chi connectivity index (χ4n) is 8.50. The first-order valence-electron chi connectivity index (χ1n) is 15.1. The molecular formula is C34H48O6. The van der Waals surface area contributed by atoms with Crippen molar-refractivity contribution >= 4 is 17.5 Å². The summed E-state index contributed by atoms with van der Waals surface area (Å²) in [4.78, 5) is 39.9. The van der Waals surface area contributed by atoms with Crippen molar-refractivity contribution in [3.8, 4) is 0 Å². The number of ether oxygens (including phenoxy) is 2. The van der Waals surface area contributed by atoms with Crippen LogP contribution in [0, 0.1) is 40.4 Å². The van der Waals surface area contributed by atoms with Crippen molar-refractivity contribution in [3.05, 3.63) is 47.5 Å². The van der Waals surface area contributed by atoms with Gasteiger partial charge in [-0.15, -0.1) is 0 Å². The van der Waals surface area contributed by atoms with Gasteiger partial charge in [-0.05, 0) is 60.8 Å². The van der Waals surface area contributed by atoms with Crippen LogP contribution in [0.3, 0.4) is 0 Å². The minimum absolute atomic E-state index is 0.00540. The molecule has 1 aromatic heterocycles. The number of Topliss-reactive ketones (excluding diaryl/α,β-unsaturated/α-hetero) is 1. The first-order valence-corrected chi connectivity index (χ1v) is 15.1. The van der Waals surface area contributed by atoms with Crippen molar-refractivity contribution in [1.82, 2.24) is 0 Å². The number of rotatable bonds is 6. The summed E-state index contributed by atoms with van der Waals surface area (Å²) in [7, 11) is 1.40. The molecular weight excluding hydrogens is 504 g/mol. The van der Waals surface area contributed by atoms with Gasteiger partial charge in [0, 0.05) is 29.1 Å². The quantitative estimate of drug-likeness (QED) is 0.277. The van der Waals surface area contributed by atoms with Gasteiger partial charge in [-0.1, -0.05) is 66.5 Å². The minimum atomic E-state index is -0.887. The molecule has 3 aliphatic carbocycles. The van der Waals surface area contributed by atoms with Crippen LogP contribution in [-0.2, 0) is 23.9 Å². The van der Waals surface area contributed by atoms with E-state index in [1.54, 1.807) is 24.7 Å². The molecule has 0 spiro atoms. The predicted molar refractivity (Wildman–Crippen MR) is 154 cm³/mol. The second-order valence-corrected chi connectivity index (χ2v) is 13.1. The Morgan fingerprint density at radius 1 is 1.12 bits per heavy atom. The average Bonchev–Trinajstić information content (AvgIpc) is 3.63. The molecule has 0 amide bonds. The lowest BCUT2D eigenvalue weighted by Gasteiger charge is -2.59. The number of methoxy groups -OCH3 is 1. The van der Waals surface area contributed by atoms with E-state index in [1.807, 2.05) is 26.8 Å². The Morgan fingerprint density at radius 2 is 1.80 bits per heavy atom. The van der Waals surface area contributed by atoms with Gasteiger partial charge >= 0.3 is 5.97 Å². The summed E-state index contributed by atoms with van der Waals surface area (Å²) in [6, 6.07) is 2.00. The summed E-state index contributed by atoms with van der Waals surface area (Å²) in [5.74, 6) is -0.607. The Kier molecular flexibility index (Phi) is 8.71. The van der Waals surface area contributed by atoms with Crippen LogP contribution >= 0.6 is 0 Å². The zero-order valence-corrected chi connectivity index (χ0v) is 25.8. The Bertz CT molecular complexity index is 1170. The molecule has 1 aliphatic heterocycles. The lowest BCUT2D eigenvalue weighted by atomic mass is 9.42. The van der Waals surface area contributed by atoms with Crippen molar-refractivity contribution < 1.29 is 28.3 Å². The molecule has 2 unspecified atom stereocenters. The lowest BCUT2D eigenvalue weighted by Crippen LogP contribution is -2.63. The number of ketones is 2. The molecule has 0 bridgehead atoms. The molecule has 0 aromatic carbocycles. The molecule has 2 heterocycles. The van der Waals surface area contributed by atoms with Crippen molar-refractivity contribution in [2.75, 3.05) is 7.11 Å². The van der Waals surface area contributed by atoms with Crippen LogP contribution in [-0.4, -0.2) is 36.9 Å². The second kappa shape index (κ2) is 11.4. The van der Waals surface area contributed by atoms with E-state index < -0.39 is 16.7 Å². The highest BCUT2D eigenvalue weighted by molar-refractivity contribution is 5.99. The number of furan rings is 1. The first kappa shape index (κ1) is 30.5. The van der Waals surface area contributed by atoms with Crippen molar-refractivity contribution in [2.24, 2.45) is 40.4 Å². The highest BCUT2D eigenvalue weighted by atomic mass is 16.5. The lowest BCUT2D eigenvalue weighted by molar-refractivity contribution is -0.175. The molecule has 9 atom stereocenters. The Labute approximate surface area is 239 Å². The SMILES string of the molecule is CCC(=O)C1C=CC(=O)[C@]2(C)[C@@H](C(C)C(=O)OC)[C@]3(C)C4=C(C)[C@H](c5ccoc5)C[C@H]4O[C@@H]3C[C@@H]12.CCC(C)C. The molecule has 1 saturated carbocycles. The van der Waals surface area contributed by atoms with E-state index in [-0.39, 0.29) is 53.4 Å². The smallest absolute Gasteiger partial charge is 0.308 e. The molecule has 6 nitrogen and oxygen atoms in total. The van der Waals surface area contributed by atoms with E-state index in [1.165, 1.54) is 24.7 Å². The van der Waals surface area contributed by atoms with Gasteiger partial charge in [-0.3, -0.25) is 14.4 Å². The van der Waals surface area contributed by atoms with Gasteiger partial charge in [-0.25, -0.2) is 0 Å². The summed E-state index contributed by atoms with van der Waals surface area (Å²) in [5.41, 5.74) is 2.16. The second-order valence-electron chi connectivity index (χ2n) is 13.1. The van der Waals surface area contributed by atoms with Gasteiger partial charge < -0.3 is 13.9 Å². The predicted octanol–water partition coefficient (Wildman–Crippen LogP) is 7.10. The number of esters is 1. The van der Waals surface area contributed by atoms with E-state index in [0.717, 1.165) is 17.9 Å². The van der Waals surface area contributed by atoms with Gasteiger partial charge in [0.05, 0.1) is 37.8 Å². The summed E-state index contributed by atoms with van der Waals surface area (Å²) >= 11 is 0. The molecule has 40 heavy (non-hydrogen) atoms. The molecule has 0 N–H and O–H groups in total. The maximum Gasteiger partial charge on any atom is 0.308 e. The third kappa shape index (κ3) is 4.64. The Hall–Kier alpha value is -2.47. The van der Waals surface area contributed by atoms with Crippen LogP contribution in [0.15, 0.2) is 46.3 Å². The third-order valence-corrected chi connectivity index (χ3v) is 10.8. The largest absolute Gasteiger partial charge is 0.472 e. The highest BCUT2D eigenvalue weighted by Gasteiger charge is 2.70. The standard InChI is InChI=1S/C29H36O6.C5H12/c1-7-21(30)18-8-9-23(31)28(4)20(18)13-24-29(5,26(28)16(3)27(32)33-6)25-15(2)19(12-22(25)35-24)17-10-11-34-14-17;1-4-5(2)3/h8-11,14,16,18-20,22,24,26H,7,12-13H2,1-6H3;5H,4H2,1-3H3/t16?,18?,19-,20+,22-,24-,26-,28-,29+;/m1./s1. The molecule has 1 aromatic rings. The van der Waals surface area contributed by atoms with Crippen LogP contribution < -0.4 is 0 Å². The summed E-state index contributed by atoms with van der Waals surface area (Å²) in [6.07, 6.45) is 9.76. The molecule has 2 fully saturated rings. The molecule has 220 valence electrons. The summed E-state index contributed by atoms with van der Waals surface area (Å²) in [6.45, 7) is 16.7.